The standard InChI is InChI=1S/C15H14FN/c16-14-7-5-12(6-8-14)11-17-10-9-13-3-1-2-4-15(13)17/h1-8H,9-11H2. The molecule has 0 atom stereocenters. The summed E-state index contributed by atoms with van der Waals surface area (Å²) in [6.07, 6.45) is 1.11. The molecule has 0 fully saturated rings. The summed E-state index contributed by atoms with van der Waals surface area (Å²) < 4.78 is 12.8. The number of hydrogen-bond donors (Lipinski definition) is 0. The third kappa shape index (κ3) is 2.03. The highest BCUT2D eigenvalue weighted by molar-refractivity contribution is 5.58. The summed E-state index contributed by atoms with van der Waals surface area (Å²) >= 11 is 0. The van der Waals surface area contributed by atoms with Crippen molar-refractivity contribution in [2.24, 2.45) is 0 Å². The molecule has 2 aromatic carbocycles. The third-order valence-electron chi connectivity index (χ3n) is 3.27. The second-order valence-corrected chi connectivity index (χ2v) is 4.43. The molecular formula is C15H14FN. The lowest BCUT2D eigenvalue weighted by Gasteiger charge is -2.19. The minimum absolute atomic E-state index is 0.171. The van der Waals surface area contributed by atoms with Crippen LogP contribution in [0.3, 0.4) is 0 Å². The zero-order valence-electron chi connectivity index (χ0n) is 9.57. The van der Waals surface area contributed by atoms with Crippen molar-refractivity contribution in [1.29, 1.82) is 0 Å². The van der Waals surface area contributed by atoms with Gasteiger partial charge < -0.3 is 4.90 Å². The van der Waals surface area contributed by atoms with Crippen molar-refractivity contribution in [3.8, 4) is 0 Å². The molecule has 1 heterocycles. The average Bonchev–Trinajstić information content (AvgIpc) is 2.76. The molecule has 2 aromatic rings. The molecule has 0 N–H and O–H groups in total. The van der Waals surface area contributed by atoms with Gasteiger partial charge in [-0.3, -0.25) is 0 Å². The second kappa shape index (κ2) is 4.21. The van der Waals surface area contributed by atoms with E-state index in [9.17, 15) is 4.39 Å². The molecule has 0 amide bonds. The van der Waals surface area contributed by atoms with E-state index in [-0.39, 0.29) is 5.82 Å². The van der Waals surface area contributed by atoms with E-state index in [0.29, 0.717) is 0 Å². The minimum atomic E-state index is -0.171. The van der Waals surface area contributed by atoms with Crippen molar-refractivity contribution in [3.05, 3.63) is 65.5 Å². The predicted molar refractivity (Wildman–Crippen MR) is 67.6 cm³/mol. The Kier molecular flexibility index (Phi) is 2.56. The van der Waals surface area contributed by atoms with Crippen LogP contribution in [0.15, 0.2) is 48.5 Å². The molecule has 0 saturated heterocycles. The van der Waals surface area contributed by atoms with Gasteiger partial charge in [-0.1, -0.05) is 30.3 Å². The Balaban J connectivity index is 1.81. The van der Waals surface area contributed by atoms with Gasteiger partial charge in [-0.2, -0.15) is 0 Å². The van der Waals surface area contributed by atoms with E-state index in [0.717, 1.165) is 25.1 Å². The van der Waals surface area contributed by atoms with Crippen molar-refractivity contribution in [2.75, 3.05) is 11.4 Å². The fraction of sp³-hybridized carbons (Fsp3) is 0.200. The van der Waals surface area contributed by atoms with Crippen LogP contribution in [0.4, 0.5) is 10.1 Å². The first kappa shape index (κ1) is 10.3. The van der Waals surface area contributed by atoms with Crippen molar-refractivity contribution in [2.45, 2.75) is 13.0 Å². The fourth-order valence-electron chi connectivity index (χ4n) is 2.38. The van der Waals surface area contributed by atoms with Gasteiger partial charge in [0.25, 0.3) is 0 Å². The third-order valence-corrected chi connectivity index (χ3v) is 3.27. The summed E-state index contributed by atoms with van der Waals surface area (Å²) in [7, 11) is 0. The monoisotopic (exact) mass is 227 g/mol. The second-order valence-electron chi connectivity index (χ2n) is 4.43. The van der Waals surface area contributed by atoms with Crippen LogP contribution in [0.2, 0.25) is 0 Å². The number of fused-ring (bicyclic) bond motifs is 1. The summed E-state index contributed by atoms with van der Waals surface area (Å²) in [6, 6.07) is 15.3. The van der Waals surface area contributed by atoms with Crippen LogP contribution in [-0.4, -0.2) is 6.54 Å². The van der Waals surface area contributed by atoms with Crippen LogP contribution >= 0.6 is 0 Å². The van der Waals surface area contributed by atoms with Crippen molar-refractivity contribution in [3.63, 3.8) is 0 Å². The molecule has 0 bridgehead atoms. The summed E-state index contributed by atoms with van der Waals surface area (Å²) in [5.74, 6) is -0.171. The Morgan fingerprint density at radius 2 is 1.76 bits per heavy atom. The summed E-state index contributed by atoms with van der Waals surface area (Å²) in [4.78, 5) is 2.35. The quantitative estimate of drug-likeness (QED) is 0.760. The zero-order chi connectivity index (χ0) is 11.7. The molecule has 0 saturated carbocycles. The molecule has 0 spiro atoms. The van der Waals surface area contributed by atoms with Gasteiger partial charge in [-0.15, -0.1) is 0 Å². The van der Waals surface area contributed by atoms with Crippen molar-refractivity contribution >= 4 is 5.69 Å². The molecule has 1 aliphatic rings. The van der Waals surface area contributed by atoms with Gasteiger partial charge in [0.2, 0.25) is 0 Å². The number of nitrogens with zero attached hydrogens (tertiary/aromatic N) is 1. The molecule has 0 aliphatic carbocycles. The fourth-order valence-corrected chi connectivity index (χ4v) is 2.38. The Hall–Kier alpha value is -1.83. The first-order valence-electron chi connectivity index (χ1n) is 5.90. The predicted octanol–water partition coefficient (Wildman–Crippen LogP) is 3.39. The smallest absolute Gasteiger partial charge is 0.123 e. The number of benzene rings is 2. The van der Waals surface area contributed by atoms with Crippen LogP contribution in [0, 0.1) is 5.82 Å². The summed E-state index contributed by atoms with van der Waals surface area (Å²) in [5, 5.41) is 0. The lowest BCUT2D eigenvalue weighted by Crippen LogP contribution is -2.19. The molecule has 1 nitrogen and oxygen atoms in total. The molecule has 0 unspecified atom stereocenters. The van der Waals surface area contributed by atoms with E-state index in [4.69, 9.17) is 0 Å². The molecule has 1 aliphatic heterocycles. The number of halogens is 1. The van der Waals surface area contributed by atoms with E-state index >= 15 is 0 Å². The number of rotatable bonds is 2. The van der Waals surface area contributed by atoms with Crippen LogP contribution in [0.1, 0.15) is 11.1 Å². The largest absolute Gasteiger partial charge is 0.367 e. The lowest BCUT2D eigenvalue weighted by atomic mass is 10.1. The van der Waals surface area contributed by atoms with E-state index in [1.165, 1.54) is 23.4 Å². The summed E-state index contributed by atoms with van der Waals surface area (Å²) in [5.41, 5.74) is 3.88. The van der Waals surface area contributed by atoms with Crippen molar-refractivity contribution < 1.29 is 4.39 Å². The van der Waals surface area contributed by atoms with Crippen LogP contribution in [0.5, 0.6) is 0 Å². The number of hydrogen-bond acceptors (Lipinski definition) is 1. The van der Waals surface area contributed by atoms with Crippen LogP contribution in [-0.2, 0) is 13.0 Å². The normalized spacial score (nSPS) is 13.8. The average molecular weight is 227 g/mol. The van der Waals surface area contributed by atoms with Crippen molar-refractivity contribution in [1.82, 2.24) is 0 Å². The molecule has 3 rings (SSSR count). The summed E-state index contributed by atoms with van der Waals surface area (Å²) in [6.45, 7) is 1.91. The number of anilines is 1. The maximum atomic E-state index is 12.8. The van der Waals surface area contributed by atoms with Gasteiger partial charge in [-0.25, -0.2) is 4.39 Å². The highest BCUT2D eigenvalue weighted by Crippen LogP contribution is 2.28. The van der Waals surface area contributed by atoms with Gasteiger partial charge in [0.05, 0.1) is 0 Å². The molecule has 2 heteroatoms. The van der Waals surface area contributed by atoms with E-state index in [1.54, 1.807) is 0 Å². The van der Waals surface area contributed by atoms with E-state index in [1.807, 2.05) is 12.1 Å². The topological polar surface area (TPSA) is 3.24 Å². The van der Waals surface area contributed by atoms with Gasteiger partial charge in [0.15, 0.2) is 0 Å². The number of para-hydroxylation sites is 1. The van der Waals surface area contributed by atoms with Crippen LogP contribution < -0.4 is 4.90 Å². The van der Waals surface area contributed by atoms with E-state index < -0.39 is 0 Å². The molecule has 0 radical (unpaired) electrons. The van der Waals surface area contributed by atoms with Gasteiger partial charge >= 0.3 is 0 Å². The maximum Gasteiger partial charge on any atom is 0.123 e. The van der Waals surface area contributed by atoms with Gasteiger partial charge in [0, 0.05) is 18.8 Å². The zero-order valence-corrected chi connectivity index (χ0v) is 9.57. The Labute approximate surface area is 101 Å². The minimum Gasteiger partial charge on any atom is -0.367 e. The SMILES string of the molecule is Fc1ccc(CN2CCc3ccccc32)cc1. The Bertz CT molecular complexity index is 519. The lowest BCUT2D eigenvalue weighted by molar-refractivity contribution is 0.626. The first-order chi connectivity index (χ1) is 8.33. The van der Waals surface area contributed by atoms with Crippen LogP contribution in [0.25, 0.3) is 0 Å². The molecular weight excluding hydrogens is 213 g/mol. The molecule has 17 heavy (non-hydrogen) atoms. The molecule has 86 valence electrons. The Morgan fingerprint density at radius 1 is 1.00 bits per heavy atom. The highest BCUT2D eigenvalue weighted by atomic mass is 19.1. The van der Waals surface area contributed by atoms with Gasteiger partial charge in [0.1, 0.15) is 5.82 Å². The van der Waals surface area contributed by atoms with Gasteiger partial charge in [-0.05, 0) is 35.7 Å². The van der Waals surface area contributed by atoms with E-state index in [2.05, 4.69) is 29.2 Å². The first-order valence-corrected chi connectivity index (χ1v) is 5.90. The Morgan fingerprint density at radius 3 is 2.59 bits per heavy atom. The molecule has 0 aromatic heterocycles. The highest BCUT2D eigenvalue weighted by Gasteiger charge is 2.17. The maximum absolute atomic E-state index is 12.8.